The normalized spacial score (nSPS) is 20.4. The Labute approximate surface area is 179 Å². The Balaban J connectivity index is 1.91. The fourth-order valence-corrected chi connectivity index (χ4v) is 3.75. The van der Waals surface area contributed by atoms with Crippen molar-refractivity contribution in [1.29, 1.82) is 5.41 Å². The van der Waals surface area contributed by atoms with E-state index in [2.05, 4.69) is 4.99 Å². The van der Waals surface area contributed by atoms with Crippen molar-refractivity contribution >= 4 is 41.0 Å². The van der Waals surface area contributed by atoms with Crippen LogP contribution in [0.15, 0.2) is 45.7 Å². The number of halogens is 2. The summed E-state index contributed by atoms with van der Waals surface area (Å²) in [5.74, 6) is -0.298. The van der Waals surface area contributed by atoms with Crippen molar-refractivity contribution in [2.75, 3.05) is 26.2 Å². The maximum atomic E-state index is 13.0. The Morgan fingerprint density at radius 2 is 2.10 bits per heavy atom. The number of carbonyl (C=O) groups excluding carboxylic acids is 1. The number of aliphatic hydroxyl groups is 1. The van der Waals surface area contributed by atoms with E-state index in [4.69, 9.17) is 40.1 Å². The largest absolute Gasteiger partial charge is 0.402 e. The third-order valence-corrected chi connectivity index (χ3v) is 5.92. The van der Waals surface area contributed by atoms with Gasteiger partial charge in [-0.15, -0.1) is 0 Å². The lowest BCUT2D eigenvalue weighted by Gasteiger charge is -2.30. The summed E-state index contributed by atoms with van der Waals surface area (Å²) < 4.78 is 0. The van der Waals surface area contributed by atoms with Crippen molar-refractivity contribution in [2.45, 2.75) is 12.8 Å². The maximum Gasteiger partial charge on any atom is 0.254 e. The Bertz CT molecular complexity index is 939. The molecule has 1 atom stereocenters. The fourth-order valence-electron chi connectivity index (χ4n) is 3.45. The Morgan fingerprint density at radius 1 is 1.34 bits per heavy atom. The number of nitrogens with two attached hydrogens (primary N) is 2. The number of rotatable bonds is 4. The SMILES string of the molecule is N=CC1=C(N)C(C2=C(N)CCN(C(=O)c3ccc(Cl)c(Cl)c3)C2)=NCC(CO)C1. The van der Waals surface area contributed by atoms with Crippen LogP contribution in [0.25, 0.3) is 0 Å². The lowest BCUT2D eigenvalue weighted by molar-refractivity contribution is 0.0766. The third kappa shape index (κ3) is 4.47. The lowest BCUT2D eigenvalue weighted by atomic mass is 9.95. The monoisotopic (exact) mass is 435 g/mol. The van der Waals surface area contributed by atoms with Gasteiger partial charge in [0.15, 0.2) is 0 Å². The molecule has 6 N–H and O–H groups in total. The summed E-state index contributed by atoms with van der Waals surface area (Å²) in [6.07, 6.45) is 2.15. The van der Waals surface area contributed by atoms with Gasteiger partial charge in [-0.25, -0.2) is 0 Å². The van der Waals surface area contributed by atoms with Gasteiger partial charge in [0.1, 0.15) is 0 Å². The topological polar surface area (TPSA) is 129 Å². The molecule has 1 aromatic rings. The van der Waals surface area contributed by atoms with E-state index in [1.807, 2.05) is 0 Å². The summed E-state index contributed by atoms with van der Waals surface area (Å²) in [7, 11) is 0. The summed E-state index contributed by atoms with van der Waals surface area (Å²) in [6, 6.07) is 4.77. The second-order valence-corrected chi connectivity index (χ2v) is 7.95. The van der Waals surface area contributed by atoms with Crippen molar-refractivity contribution in [3.8, 4) is 0 Å². The summed E-state index contributed by atoms with van der Waals surface area (Å²) in [6.45, 7) is 1.04. The first-order valence-electron chi connectivity index (χ1n) is 9.22. The number of aliphatic imine (C=N–C) groups is 1. The smallest absolute Gasteiger partial charge is 0.254 e. The minimum Gasteiger partial charge on any atom is -0.402 e. The van der Waals surface area contributed by atoms with E-state index >= 15 is 0 Å². The van der Waals surface area contributed by atoms with Crippen LogP contribution in [-0.2, 0) is 0 Å². The van der Waals surface area contributed by atoms with Gasteiger partial charge in [0.2, 0.25) is 0 Å². The predicted molar refractivity (Wildman–Crippen MR) is 116 cm³/mol. The van der Waals surface area contributed by atoms with Gasteiger partial charge in [-0.3, -0.25) is 9.79 Å². The van der Waals surface area contributed by atoms with Crippen LogP contribution < -0.4 is 11.5 Å². The molecule has 2 aliphatic heterocycles. The number of nitrogens with zero attached hydrogens (tertiary/aromatic N) is 2. The van der Waals surface area contributed by atoms with Crippen LogP contribution in [0.2, 0.25) is 10.0 Å². The molecule has 1 aromatic carbocycles. The van der Waals surface area contributed by atoms with E-state index in [1.54, 1.807) is 23.1 Å². The van der Waals surface area contributed by atoms with E-state index < -0.39 is 0 Å². The minimum atomic E-state index is -0.189. The van der Waals surface area contributed by atoms with Gasteiger partial charge in [0, 0.05) is 61.6 Å². The Morgan fingerprint density at radius 3 is 2.76 bits per heavy atom. The van der Waals surface area contributed by atoms with E-state index in [-0.39, 0.29) is 25.0 Å². The highest BCUT2D eigenvalue weighted by atomic mass is 35.5. The fraction of sp³-hybridized carbons (Fsp3) is 0.350. The number of nitrogens with one attached hydrogen (secondary N) is 1. The van der Waals surface area contributed by atoms with Crippen LogP contribution in [-0.4, -0.2) is 54.1 Å². The molecule has 0 radical (unpaired) electrons. The summed E-state index contributed by atoms with van der Waals surface area (Å²) in [5, 5.41) is 17.9. The van der Waals surface area contributed by atoms with Crippen LogP contribution in [0.5, 0.6) is 0 Å². The zero-order chi connectivity index (χ0) is 21.1. The predicted octanol–water partition coefficient (Wildman–Crippen LogP) is 2.37. The van der Waals surface area contributed by atoms with Crippen molar-refractivity contribution in [1.82, 2.24) is 4.90 Å². The molecular weight excluding hydrogens is 413 g/mol. The average Bonchev–Trinajstić information content (AvgIpc) is 2.88. The second kappa shape index (κ2) is 8.98. The molecule has 3 rings (SSSR count). The molecule has 1 amide bonds. The molecule has 29 heavy (non-hydrogen) atoms. The highest BCUT2D eigenvalue weighted by molar-refractivity contribution is 6.42. The standard InChI is InChI=1S/C20H23Cl2N5O2/c21-15-2-1-12(6-16(15)22)20(29)27-4-3-17(24)14(9-27)19-18(25)13(7-23)5-11(10-28)8-26-19/h1-2,6-7,11,23,28H,3-5,8-10,24-25H2. The number of aliphatic hydroxyl groups excluding tert-OH is 1. The van der Waals surface area contributed by atoms with Gasteiger partial charge < -0.3 is 26.9 Å². The number of allylic oxidation sites excluding steroid dienone is 2. The number of hydrogen-bond acceptors (Lipinski definition) is 6. The van der Waals surface area contributed by atoms with Crippen LogP contribution in [0.4, 0.5) is 0 Å². The molecule has 7 nitrogen and oxygen atoms in total. The Hall–Kier alpha value is -2.35. The zero-order valence-corrected chi connectivity index (χ0v) is 17.3. The van der Waals surface area contributed by atoms with Crippen molar-refractivity contribution in [2.24, 2.45) is 22.4 Å². The highest BCUT2D eigenvalue weighted by Crippen LogP contribution is 2.27. The quantitative estimate of drug-likeness (QED) is 0.540. The Kier molecular flexibility index (Phi) is 6.62. The summed E-state index contributed by atoms with van der Waals surface area (Å²) >= 11 is 12.0. The molecule has 0 saturated heterocycles. The average molecular weight is 436 g/mol. The molecule has 0 spiro atoms. The molecule has 2 aliphatic rings. The summed E-state index contributed by atoms with van der Waals surface area (Å²) in [4.78, 5) is 19.2. The summed E-state index contributed by atoms with van der Waals surface area (Å²) in [5.41, 5.74) is 15.8. The van der Waals surface area contributed by atoms with Crippen LogP contribution in [0.3, 0.4) is 0 Å². The molecule has 154 valence electrons. The zero-order valence-electron chi connectivity index (χ0n) is 15.8. The molecule has 0 saturated carbocycles. The number of carbonyl (C=O) groups is 1. The van der Waals surface area contributed by atoms with Crippen LogP contribution in [0.1, 0.15) is 23.2 Å². The van der Waals surface area contributed by atoms with Crippen LogP contribution >= 0.6 is 23.2 Å². The molecule has 9 heteroatoms. The van der Waals surface area contributed by atoms with Gasteiger partial charge in [-0.1, -0.05) is 23.2 Å². The first-order valence-corrected chi connectivity index (χ1v) is 9.98. The van der Waals surface area contributed by atoms with E-state index in [1.165, 1.54) is 6.21 Å². The highest BCUT2D eigenvalue weighted by Gasteiger charge is 2.29. The molecule has 1 unspecified atom stereocenters. The second-order valence-electron chi connectivity index (χ2n) is 7.13. The minimum absolute atomic E-state index is 0.0438. The molecule has 0 aromatic heterocycles. The van der Waals surface area contributed by atoms with Crippen molar-refractivity contribution < 1.29 is 9.90 Å². The van der Waals surface area contributed by atoms with Gasteiger partial charge in [0.25, 0.3) is 5.91 Å². The third-order valence-electron chi connectivity index (χ3n) is 5.18. The van der Waals surface area contributed by atoms with Gasteiger partial charge in [0.05, 0.1) is 21.5 Å². The first kappa shape index (κ1) is 21.4. The lowest BCUT2D eigenvalue weighted by Crippen LogP contribution is -2.41. The molecule has 2 heterocycles. The van der Waals surface area contributed by atoms with Crippen molar-refractivity contribution in [3.63, 3.8) is 0 Å². The molecule has 0 bridgehead atoms. The number of amides is 1. The van der Waals surface area contributed by atoms with Gasteiger partial charge in [-0.2, -0.15) is 0 Å². The van der Waals surface area contributed by atoms with Crippen LogP contribution in [0, 0.1) is 11.3 Å². The van der Waals surface area contributed by atoms with E-state index in [0.717, 1.165) is 0 Å². The van der Waals surface area contributed by atoms with Gasteiger partial charge >= 0.3 is 0 Å². The molecule has 0 fully saturated rings. The maximum absolute atomic E-state index is 13.0. The number of benzene rings is 1. The first-order chi connectivity index (χ1) is 13.8. The van der Waals surface area contributed by atoms with Crippen molar-refractivity contribution in [3.05, 3.63) is 56.3 Å². The van der Waals surface area contributed by atoms with Gasteiger partial charge in [-0.05, 0) is 30.2 Å². The number of hydrogen-bond donors (Lipinski definition) is 4. The van der Waals surface area contributed by atoms with E-state index in [9.17, 15) is 9.90 Å². The van der Waals surface area contributed by atoms with E-state index in [0.29, 0.717) is 69.8 Å². The molecular formula is C20H23Cl2N5O2. The molecule has 0 aliphatic carbocycles.